The molecule has 7 heavy (non-hydrogen) atoms. The van der Waals surface area contributed by atoms with Crippen LogP contribution in [0.5, 0.6) is 0 Å². The lowest BCUT2D eigenvalue weighted by molar-refractivity contribution is 0.977. The molecule has 1 heterocycles. The standard InChI is InChI=1S/C4H9PS2/c6-7-4-1-2-5-3-4/h4-6H,1-3H2. The summed E-state index contributed by atoms with van der Waals surface area (Å²) < 4.78 is 0. The number of thiol groups is 1. The second kappa shape index (κ2) is 3.21. The smallest absolute Gasteiger partial charge is 0.0189 e. The van der Waals surface area contributed by atoms with Crippen molar-refractivity contribution in [2.75, 3.05) is 12.3 Å². The summed E-state index contributed by atoms with van der Waals surface area (Å²) in [5.74, 6) is 0. The summed E-state index contributed by atoms with van der Waals surface area (Å²) in [5.41, 5.74) is 0. The number of hydrogen-bond acceptors (Lipinski definition) is 2. The molecular weight excluding hydrogens is 143 g/mol. The zero-order valence-electron chi connectivity index (χ0n) is 4.05. The Hall–Kier alpha value is 1.13. The topological polar surface area (TPSA) is 0 Å². The van der Waals surface area contributed by atoms with Crippen molar-refractivity contribution in [3.8, 4) is 0 Å². The first kappa shape index (κ1) is 6.25. The predicted molar refractivity (Wildman–Crippen MR) is 43.0 cm³/mol. The maximum absolute atomic E-state index is 4.14. The molecule has 0 bridgehead atoms. The van der Waals surface area contributed by atoms with Crippen LogP contribution in [0.25, 0.3) is 0 Å². The van der Waals surface area contributed by atoms with Crippen molar-refractivity contribution in [2.45, 2.75) is 11.7 Å². The van der Waals surface area contributed by atoms with Gasteiger partial charge in [0.05, 0.1) is 0 Å². The van der Waals surface area contributed by atoms with Crippen molar-refractivity contribution in [3.05, 3.63) is 0 Å². The summed E-state index contributed by atoms with van der Waals surface area (Å²) in [6, 6.07) is 0. The van der Waals surface area contributed by atoms with Gasteiger partial charge in [0.15, 0.2) is 0 Å². The lowest BCUT2D eigenvalue weighted by Crippen LogP contribution is -1.93. The quantitative estimate of drug-likeness (QED) is 0.341. The molecule has 2 unspecified atom stereocenters. The van der Waals surface area contributed by atoms with Gasteiger partial charge in [0.25, 0.3) is 0 Å². The first-order valence-electron chi connectivity index (χ1n) is 2.44. The minimum absolute atomic E-state index is 0.890. The molecule has 1 fully saturated rings. The van der Waals surface area contributed by atoms with Crippen LogP contribution in [0.1, 0.15) is 6.42 Å². The highest BCUT2D eigenvalue weighted by Gasteiger charge is 2.12. The highest BCUT2D eigenvalue weighted by atomic mass is 33.1. The van der Waals surface area contributed by atoms with Gasteiger partial charge in [-0.1, -0.05) is 10.8 Å². The van der Waals surface area contributed by atoms with E-state index in [2.05, 4.69) is 11.7 Å². The summed E-state index contributed by atoms with van der Waals surface area (Å²) in [4.78, 5) is 0. The second-order valence-electron chi connectivity index (χ2n) is 1.72. The van der Waals surface area contributed by atoms with Gasteiger partial charge >= 0.3 is 0 Å². The Morgan fingerprint density at radius 1 is 1.71 bits per heavy atom. The van der Waals surface area contributed by atoms with Crippen molar-refractivity contribution in [3.63, 3.8) is 0 Å². The van der Waals surface area contributed by atoms with Crippen molar-refractivity contribution in [1.29, 1.82) is 0 Å². The van der Waals surface area contributed by atoms with Gasteiger partial charge in [-0.05, 0) is 18.7 Å². The average molecular weight is 152 g/mol. The van der Waals surface area contributed by atoms with E-state index < -0.39 is 0 Å². The normalized spacial score (nSPS) is 34.7. The molecule has 1 saturated heterocycles. The summed E-state index contributed by atoms with van der Waals surface area (Å²) in [7, 11) is 2.96. The summed E-state index contributed by atoms with van der Waals surface area (Å²) in [5, 5.41) is 0.890. The van der Waals surface area contributed by atoms with Crippen LogP contribution in [0.4, 0.5) is 0 Å². The van der Waals surface area contributed by atoms with E-state index in [0.29, 0.717) is 0 Å². The SMILES string of the molecule is SSC1CCPC1. The molecule has 0 aromatic heterocycles. The number of hydrogen-bond donors (Lipinski definition) is 1. The van der Waals surface area contributed by atoms with Gasteiger partial charge in [0.2, 0.25) is 0 Å². The van der Waals surface area contributed by atoms with Crippen LogP contribution in [0.2, 0.25) is 0 Å². The van der Waals surface area contributed by atoms with Crippen LogP contribution < -0.4 is 0 Å². The maximum Gasteiger partial charge on any atom is 0.0189 e. The van der Waals surface area contributed by atoms with Crippen LogP contribution >= 0.6 is 31.0 Å². The van der Waals surface area contributed by atoms with E-state index in [1.807, 2.05) is 0 Å². The molecule has 2 atom stereocenters. The average Bonchev–Trinajstić information content (AvgIpc) is 2.14. The Morgan fingerprint density at radius 3 is 2.86 bits per heavy atom. The van der Waals surface area contributed by atoms with E-state index in [1.54, 1.807) is 10.8 Å². The molecule has 0 N–H and O–H groups in total. The first-order valence-corrected chi connectivity index (χ1v) is 5.79. The molecule has 0 saturated carbocycles. The molecule has 1 aliphatic rings. The molecule has 42 valence electrons. The lowest BCUT2D eigenvalue weighted by atomic mass is 10.4. The van der Waals surface area contributed by atoms with Crippen LogP contribution in [0.3, 0.4) is 0 Å². The molecule has 0 aliphatic carbocycles. The van der Waals surface area contributed by atoms with E-state index in [0.717, 1.165) is 5.25 Å². The van der Waals surface area contributed by atoms with Crippen molar-refractivity contribution in [2.24, 2.45) is 0 Å². The first-order chi connectivity index (χ1) is 3.43. The molecule has 0 nitrogen and oxygen atoms in total. The van der Waals surface area contributed by atoms with E-state index in [-0.39, 0.29) is 0 Å². The Morgan fingerprint density at radius 2 is 2.57 bits per heavy atom. The third-order valence-electron chi connectivity index (χ3n) is 1.16. The fraction of sp³-hybridized carbons (Fsp3) is 1.00. The van der Waals surface area contributed by atoms with Gasteiger partial charge in [-0.15, -0.1) is 20.2 Å². The summed E-state index contributed by atoms with van der Waals surface area (Å²) in [6.07, 6.45) is 4.29. The molecule has 0 spiro atoms. The second-order valence-corrected chi connectivity index (χ2v) is 4.64. The van der Waals surface area contributed by atoms with Crippen LogP contribution in [-0.4, -0.2) is 17.6 Å². The molecule has 1 aliphatic heterocycles. The zero-order chi connectivity index (χ0) is 5.11. The minimum Gasteiger partial charge on any atom is -0.121 e. The van der Waals surface area contributed by atoms with E-state index in [9.17, 15) is 0 Å². The third kappa shape index (κ3) is 1.83. The highest BCUT2D eigenvalue weighted by molar-refractivity contribution is 8.68. The molecule has 0 radical (unpaired) electrons. The van der Waals surface area contributed by atoms with Gasteiger partial charge in [-0.25, -0.2) is 0 Å². The van der Waals surface area contributed by atoms with Crippen molar-refractivity contribution >= 4 is 31.0 Å². The Bertz CT molecular complexity index is 51.7. The monoisotopic (exact) mass is 152 g/mol. The lowest BCUT2D eigenvalue weighted by Gasteiger charge is -1.97. The van der Waals surface area contributed by atoms with E-state index >= 15 is 0 Å². The fourth-order valence-electron chi connectivity index (χ4n) is 0.718. The van der Waals surface area contributed by atoms with Gasteiger partial charge < -0.3 is 0 Å². The number of rotatable bonds is 1. The molecule has 0 aromatic carbocycles. The van der Waals surface area contributed by atoms with Crippen LogP contribution in [0.15, 0.2) is 0 Å². The van der Waals surface area contributed by atoms with Crippen LogP contribution in [0, 0.1) is 0 Å². The zero-order valence-corrected chi connectivity index (χ0v) is 6.77. The molecule has 3 heteroatoms. The molecular formula is C4H9PS2. The molecule has 0 amide bonds. The summed E-state index contributed by atoms with van der Waals surface area (Å²) >= 11 is 4.14. The van der Waals surface area contributed by atoms with Gasteiger partial charge in [-0.2, -0.15) is 0 Å². The fourth-order valence-corrected chi connectivity index (χ4v) is 4.07. The van der Waals surface area contributed by atoms with Gasteiger partial charge in [0, 0.05) is 5.25 Å². The van der Waals surface area contributed by atoms with Crippen LogP contribution in [-0.2, 0) is 0 Å². The Balaban J connectivity index is 2.14. The van der Waals surface area contributed by atoms with Crippen molar-refractivity contribution in [1.82, 2.24) is 0 Å². The Labute approximate surface area is 55.4 Å². The minimum atomic E-state index is 0.890. The van der Waals surface area contributed by atoms with E-state index in [4.69, 9.17) is 0 Å². The van der Waals surface area contributed by atoms with Gasteiger partial charge in [-0.3, -0.25) is 0 Å². The third-order valence-corrected chi connectivity index (χ3v) is 4.48. The van der Waals surface area contributed by atoms with Crippen molar-refractivity contribution < 1.29 is 0 Å². The summed E-state index contributed by atoms with van der Waals surface area (Å²) in [6.45, 7) is 0. The Kier molecular flexibility index (Phi) is 2.87. The maximum atomic E-state index is 4.14. The van der Waals surface area contributed by atoms with E-state index in [1.165, 1.54) is 27.3 Å². The largest absolute Gasteiger partial charge is 0.121 e. The van der Waals surface area contributed by atoms with Gasteiger partial charge in [0.1, 0.15) is 0 Å². The predicted octanol–water partition coefficient (Wildman–Crippen LogP) is 2.02. The highest BCUT2D eigenvalue weighted by Crippen LogP contribution is 2.33. The molecule has 0 aromatic rings. The molecule has 1 rings (SSSR count).